The van der Waals surface area contributed by atoms with Gasteiger partial charge in [-0.1, -0.05) is 30.3 Å². The lowest BCUT2D eigenvalue weighted by atomic mass is 10.1. The lowest BCUT2D eigenvalue weighted by molar-refractivity contribution is -0.116. The Hall–Kier alpha value is -3.67. The van der Waals surface area contributed by atoms with Crippen molar-refractivity contribution in [1.82, 2.24) is 10.3 Å². The van der Waals surface area contributed by atoms with Gasteiger partial charge in [-0.25, -0.2) is 0 Å². The molecule has 0 radical (unpaired) electrons. The van der Waals surface area contributed by atoms with Gasteiger partial charge < -0.3 is 15.4 Å². The van der Waals surface area contributed by atoms with Crippen molar-refractivity contribution in [2.45, 2.75) is 19.4 Å². The van der Waals surface area contributed by atoms with E-state index in [-0.39, 0.29) is 30.9 Å². The molecule has 0 spiro atoms. The van der Waals surface area contributed by atoms with Crippen LogP contribution in [0.4, 0.5) is 5.69 Å². The topological polar surface area (TPSA) is 80.3 Å². The van der Waals surface area contributed by atoms with Crippen LogP contribution in [-0.2, 0) is 4.79 Å². The van der Waals surface area contributed by atoms with Gasteiger partial charge in [-0.15, -0.1) is 0 Å². The van der Waals surface area contributed by atoms with Crippen molar-refractivity contribution in [2.75, 3.05) is 11.9 Å². The molecule has 6 heteroatoms. The first kappa shape index (κ1) is 20.1. The van der Waals surface area contributed by atoms with E-state index < -0.39 is 0 Å². The third kappa shape index (κ3) is 6.17. The molecule has 0 saturated heterocycles. The van der Waals surface area contributed by atoms with E-state index in [4.69, 9.17) is 4.74 Å². The van der Waals surface area contributed by atoms with E-state index in [9.17, 15) is 9.59 Å². The van der Waals surface area contributed by atoms with E-state index in [1.165, 1.54) is 0 Å². The summed E-state index contributed by atoms with van der Waals surface area (Å²) in [6.45, 7) is 2.22. The van der Waals surface area contributed by atoms with Crippen molar-refractivity contribution in [3.05, 3.63) is 90.3 Å². The molecule has 0 bridgehead atoms. The zero-order valence-electron chi connectivity index (χ0n) is 16.2. The molecule has 29 heavy (non-hydrogen) atoms. The Balaban J connectivity index is 1.44. The minimum absolute atomic E-state index is 0.0887. The molecule has 2 amide bonds. The number of ether oxygens (including phenoxy) is 1. The Bertz CT molecular complexity index is 929. The molecular weight excluding hydrogens is 366 g/mol. The van der Waals surface area contributed by atoms with Gasteiger partial charge in [-0.2, -0.15) is 0 Å². The predicted octanol–water partition coefficient (Wildman–Crippen LogP) is 3.98. The molecule has 0 unspecified atom stereocenters. The summed E-state index contributed by atoms with van der Waals surface area (Å²) in [6, 6.07) is 20.4. The van der Waals surface area contributed by atoms with Crippen LogP contribution in [-0.4, -0.2) is 23.3 Å². The number of hydrogen-bond acceptors (Lipinski definition) is 4. The molecule has 1 atom stereocenters. The first-order valence-electron chi connectivity index (χ1n) is 9.41. The summed E-state index contributed by atoms with van der Waals surface area (Å²) in [5.41, 5.74) is 2.22. The van der Waals surface area contributed by atoms with E-state index in [2.05, 4.69) is 15.6 Å². The maximum absolute atomic E-state index is 12.2. The molecule has 2 N–H and O–H groups in total. The Morgan fingerprint density at radius 3 is 2.45 bits per heavy atom. The highest BCUT2D eigenvalue weighted by molar-refractivity contribution is 5.95. The number of benzene rings is 2. The van der Waals surface area contributed by atoms with Crippen LogP contribution >= 0.6 is 0 Å². The molecule has 148 valence electrons. The Kier molecular flexibility index (Phi) is 6.95. The summed E-state index contributed by atoms with van der Waals surface area (Å²) in [4.78, 5) is 28.1. The fourth-order valence-corrected chi connectivity index (χ4v) is 2.73. The molecule has 0 fully saturated rings. The highest BCUT2D eigenvalue weighted by Crippen LogP contribution is 2.21. The molecule has 0 saturated carbocycles. The number of carbonyl (C=O) groups excluding carboxylic acids is 2. The van der Waals surface area contributed by atoms with Gasteiger partial charge in [-0.3, -0.25) is 14.6 Å². The van der Waals surface area contributed by atoms with E-state index >= 15 is 0 Å². The molecule has 0 aliphatic heterocycles. The Morgan fingerprint density at radius 2 is 1.76 bits per heavy atom. The van der Waals surface area contributed by atoms with Crippen LogP contribution in [0.15, 0.2) is 79.1 Å². The molecule has 6 nitrogen and oxygen atoms in total. The van der Waals surface area contributed by atoms with Crippen LogP contribution in [0.2, 0.25) is 0 Å². The number of nitrogens with zero attached hydrogens (tertiary/aromatic N) is 1. The van der Waals surface area contributed by atoms with Gasteiger partial charge in [0.05, 0.1) is 11.9 Å². The first-order chi connectivity index (χ1) is 14.1. The van der Waals surface area contributed by atoms with Crippen molar-refractivity contribution in [3.63, 3.8) is 0 Å². The van der Waals surface area contributed by atoms with Crippen molar-refractivity contribution in [2.24, 2.45) is 0 Å². The van der Waals surface area contributed by atoms with Gasteiger partial charge in [0.1, 0.15) is 11.9 Å². The average molecular weight is 389 g/mol. The standard InChI is InChI=1S/C23H23N3O3/c1-17(18-6-3-2-4-7-18)29-21-11-9-19(10-12-21)23(28)25-15-13-22(27)26-20-8-5-14-24-16-20/h2-12,14,16-17H,13,15H2,1H3,(H,25,28)(H,26,27)/t17-/m1/s1. The van der Waals surface area contributed by atoms with Crippen LogP contribution in [0.25, 0.3) is 0 Å². The normalized spacial score (nSPS) is 11.3. The van der Waals surface area contributed by atoms with E-state index in [1.54, 1.807) is 48.8 Å². The Morgan fingerprint density at radius 1 is 1.00 bits per heavy atom. The van der Waals surface area contributed by atoms with Gasteiger partial charge in [0.25, 0.3) is 5.91 Å². The number of nitrogens with one attached hydrogen (secondary N) is 2. The van der Waals surface area contributed by atoms with Crippen LogP contribution in [0, 0.1) is 0 Å². The van der Waals surface area contributed by atoms with Crippen molar-refractivity contribution < 1.29 is 14.3 Å². The van der Waals surface area contributed by atoms with Crippen LogP contribution in [0.3, 0.4) is 0 Å². The molecule has 2 aromatic carbocycles. The zero-order chi connectivity index (χ0) is 20.5. The van der Waals surface area contributed by atoms with Gasteiger partial charge in [0, 0.05) is 24.7 Å². The van der Waals surface area contributed by atoms with Crippen LogP contribution in [0.1, 0.15) is 35.4 Å². The first-order valence-corrected chi connectivity index (χ1v) is 9.41. The fraction of sp³-hybridized carbons (Fsp3) is 0.174. The number of hydrogen-bond donors (Lipinski definition) is 2. The monoisotopic (exact) mass is 389 g/mol. The zero-order valence-corrected chi connectivity index (χ0v) is 16.2. The smallest absolute Gasteiger partial charge is 0.251 e. The number of carbonyl (C=O) groups is 2. The highest BCUT2D eigenvalue weighted by Gasteiger charge is 2.10. The second-order valence-electron chi connectivity index (χ2n) is 6.49. The molecule has 0 aliphatic carbocycles. The fourth-order valence-electron chi connectivity index (χ4n) is 2.73. The minimum atomic E-state index is -0.234. The van der Waals surface area contributed by atoms with Crippen LogP contribution in [0.5, 0.6) is 5.75 Å². The molecule has 1 aromatic heterocycles. The number of amides is 2. The van der Waals surface area contributed by atoms with Gasteiger partial charge >= 0.3 is 0 Å². The van der Waals surface area contributed by atoms with Gasteiger partial charge in [0.2, 0.25) is 5.91 Å². The van der Waals surface area contributed by atoms with E-state index in [0.29, 0.717) is 17.0 Å². The number of pyridine rings is 1. The molecular formula is C23H23N3O3. The second-order valence-corrected chi connectivity index (χ2v) is 6.49. The quantitative estimate of drug-likeness (QED) is 0.611. The van der Waals surface area contributed by atoms with Gasteiger partial charge in [-0.05, 0) is 48.9 Å². The highest BCUT2D eigenvalue weighted by atomic mass is 16.5. The lowest BCUT2D eigenvalue weighted by Gasteiger charge is -2.15. The molecule has 3 aromatic rings. The number of anilines is 1. The molecule has 3 rings (SSSR count). The SMILES string of the molecule is C[C@@H](Oc1ccc(C(=O)NCCC(=O)Nc2cccnc2)cc1)c1ccccc1. The second kappa shape index (κ2) is 10.0. The summed E-state index contributed by atoms with van der Waals surface area (Å²) < 4.78 is 5.91. The summed E-state index contributed by atoms with van der Waals surface area (Å²) in [5.74, 6) is 0.271. The number of rotatable bonds is 8. The third-order valence-corrected chi connectivity index (χ3v) is 4.28. The summed E-state index contributed by atoms with van der Waals surface area (Å²) in [7, 11) is 0. The third-order valence-electron chi connectivity index (χ3n) is 4.28. The minimum Gasteiger partial charge on any atom is -0.486 e. The van der Waals surface area contributed by atoms with Crippen molar-refractivity contribution >= 4 is 17.5 Å². The lowest BCUT2D eigenvalue weighted by Crippen LogP contribution is -2.27. The largest absolute Gasteiger partial charge is 0.486 e. The Labute approximate surface area is 169 Å². The molecule has 1 heterocycles. The summed E-state index contributed by atoms with van der Waals surface area (Å²) >= 11 is 0. The van der Waals surface area contributed by atoms with Crippen molar-refractivity contribution in [3.8, 4) is 5.75 Å². The average Bonchev–Trinajstić information content (AvgIpc) is 2.75. The van der Waals surface area contributed by atoms with Crippen LogP contribution < -0.4 is 15.4 Å². The van der Waals surface area contributed by atoms with E-state index in [1.807, 2.05) is 37.3 Å². The molecule has 0 aliphatic rings. The maximum atomic E-state index is 12.2. The van der Waals surface area contributed by atoms with Crippen molar-refractivity contribution in [1.29, 1.82) is 0 Å². The number of aromatic nitrogens is 1. The summed E-state index contributed by atoms with van der Waals surface area (Å²) in [5, 5.41) is 5.47. The predicted molar refractivity (Wildman–Crippen MR) is 112 cm³/mol. The van der Waals surface area contributed by atoms with E-state index in [0.717, 1.165) is 5.56 Å². The van der Waals surface area contributed by atoms with Gasteiger partial charge in [0.15, 0.2) is 0 Å². The maximum Gasteiger partial charge on any atom is 0.251 e. The summed E-state index contributed by atoms with van der Waals surface area (Å²) in [6.07, 6.45) is 3.29.